The third-order valence-corrected chi connectivity index (χ3v) is 3.80. The number of fused-ring (bicyclic) bond motifs is 1. The predicted molar refractivity (Wildman–Crippen MR) is 84.1 cm³/mol. The van der Waals surface area contributed by atoms with Gasteiger partial charge < -0.3 is 5.11 Å². The summed E-state index contributed by atoms with van der Waals surface area (Å²) in [5.74, 6) is 0. The average Bonchev–Trinajstić information content (AvgIpc) is 2.44. The van der Waals surface area contributed by atoms with Gasteiger partial charge in [-0.15, -0.1) is 0 Å². The number of pyridine rings is 1. The maximum Gasteiger partial charge on any atom is 0.134 e. The number of halogens is 1. The standard InChI is InChI=1S/C16H21ClN2O/c1-3-19(7-4-8-20)11-14-10-13-6-5-12(2)9-15(13)18-16(14)17/h5-6,9-10,20H,3-4,7-8,11H2,1-2H3. The fraction of sp³-hybridized carbons (Fsp3) is 0.438. The molecule has 0 saturated heterocycles. The van der Waals surface area contributed by atoms with E-state index in [0.29, 0.717) is 5.15 Å². The molecule has 0 atom stereocenters. The van der Waals surface area contributed by atoms with Gasteiger partial charge in [-0.25, -0.2) is 4.98 Å². The molecule has 108 valence electrons. The number of benzene rings is 1. The van der Waals surface area contributed by atoms with E-state index >= 15 is 0 Å². The Kier molecular flexibility index (Phi) is 5.35. The molecular formula is C16H21ClN2O. The number of hydrogen-bond donors (Lipinski definition) is 1. The van der Waals surface area contributed by atoms with Crippen LogP contribution in [0.25, 0.3) is 10.9 Å². The molecule has 1 heterocycles. The van der Waals surface area contributed by atoms with Crippen LogP contribution < -0.4 is 0 Å². The van der Waals surface area contributed by atoms with Crippen LogP contribution in [-0.4, -0.2) is 34.7 Å². The quantitative estimate of drug-likeness (QED) is 0.829. The van der Waals surface area contributed by atoms with Crippen molar-refractivity contribution in [3.05, 3.63) is 40.5 Å². The fourth-order valence-electron chi connectivity index (χ4n) is 2.29. The molecule has 0 radical (unpaired) electrons. The third kappa shape index (κ3) is 3.69. The van der Waals surface area contributed by atoms with Gasteiger partial charge in [-0.05, 0) is 37.6 Å². The zero-order chi connectivity index (χ0) is 14.5. The Labute approximate surface area is 125 Å². The maximum atomic E-state index is 8.93. The Morgan fingerprint density at radius 2 is 2.10 bits per heavy atom. The number of aliphatic hydroxyl groups is 1. The lowest BCUT2D eigenvalue weighted by atomic mass is 10.1. The molecule has 20 heavy (non-hydrogen) atoms. The van der Waals surface area contributed by atoms with Gasteiger partial charge in [-0.1, -0.05) is 30.7 Å². The van der Waals surface area contributed by atoms with E-state index in [4.69, 9.17) is 16.7 Å². The van der Waals surface area contributed by atoms with Crippen molar-refractivity contribution < 1.29 is 5.11 Å². The smallest absolute Gasteiger partial charge is 0.134 e. The third-order valence-electron chi connectivity index (χ3n) is 3.47. The van der Waals surface area contributed by atoms with Crippen molar-refractivity contribution >= 4 is 22.5 Å². The predicted octanol–water partition coefficient (Wildman–Crippen LogP) is 3.40. The Hall–Kier alpha value is -1.16. The number of aliphatic hydroxyl groups excluding tert-OH is 1. The molecule has 1 aromatic carbocycles. The monoisotopic (exact) mass is 292 g/mol. The Balaban J connectivity index is 2.25. The van der Waals surface area contributed by atoms with Crippen LogP contribution in [0.15, 0.2) is 24.3 Å². The molecular weight excluding hydrogens is 272 g/mol. The molecule has 0 fully saturated rings. The van der Waals surface area contributed by atoms with Crippen molar-refractivity contribution in [2.24, 2.45) is 0 Å². The van der Waals surface area contributed by atoms with Gasteiger partial charge in [0.25, 0.3) is 0 Å². The van der Waals surface area contributed by atoms with Gasteiger partial charge in [-0.3, -0.25) is 4.90 Å². The number of aryl methyl sites for hydroxylation is 1. The van der Waals surface area contributed by atoms with E-state index in [2.05, 4.69) is 41.9 Å². The first-order chi connectivity index (χ1) is 9.63. The summed E-state index contributed by atoms with van der Waals surface area (Å²) in [6.45, 7) is 6.96. The van der Waals surface area contributed by atoms with Crippen LogP contribution in [-0.2, 0) is 6.54 Å². The van der Waals surface area contributed by atoms with Gasteiger partial charge in [-0.2, -0.15) is 0 Å². The van der Waals surface area contributed by atoms with Gasteiger partial charge >= 0.3 is 0 Å². The lowest BCUT2D eigenvalue weighted by Gasteiger charge is -2.20. The molecule has 3 nitrogen and oxygen atoms in total. The highest BCUT2D eigenvalue weighted by Crippen LogP contribution is 2.22. The summed E-state index contributed by atoms with van der Waals surface area (Å²) in [7, 11) is 0. The summed E-state index contributed by atoms with van der Waals surface area (Å²) in [6.07, 6.45) is 0.783. The summed E-state index contributed by atoms with van der Waals surface area (Å²) >= 11 is 6.30. The van der Waals surface area contributed by atoms with Gasteiger partial charge in [0.15, 0.2) is 0 Å². The normalized spacial score (nSPS) is 11.4. The highest BCUT2D eigenvalue weighted by molar-refractivity contribution is 6.30. The molecule has 2 rings (SSSR count). The minimum Gasteiger partial charge on any atom is -0.396 e. The highest BCUT2D eigenvalue weighted by atomic mass is 35.5. The summed E-state index contributed by atoms with van der Waals surface area (Å²) in [5, 5.41) is 10.6. The van der Waals surface area contributed by atoms with Crippen LogP contribution in [0.1, 0.15) is 24.5 Å². The van der Waals surface area contributed by atoms with Crippen LogP contribution in [0.3, 0.4) is 0 Å². The molecule has 1 aromatic heterocycles. The van der Waals surface area contributed by atoms with Crippen molar-refractivity contribution in [2.45, 2.75) is 26.8 Å². The van der Waals surface area contributed by atoms with E-state index in [0.717, 1.165) is 42.5 Å². The number of rotatable bonds is 6. The maximum absolute atomic E-state index is 8.93. The first kappa shape index (κ1) is 15.2. The molecule has 0 bridgehead atoms. The Morgan fingerprint density at radius 3 is 2.80 bits per heavy atom. The Bertz CT molecular complexity index is 586. The topological polar surface area (TPSA) is 36.4 Å². The summed E-state index contributed by atoms with van der Waals surface area (Å²) < 4.78 is 0. The lowest BCUT2D eigenvalue weighted by Crippen LogP contribution is -2.25. The molecule has 0 unspecified atom stereocenters. The summed E-state index contributed by atoms with van der Waals surface area (Å²) in [6, 6.07) is 8.34. The van der Waals surface area contributed by atoms with Gasteiger partial charge in [0.05, 0.1) is 5.52 Å². The van der Waals surface area contributed by atoms with Crippen LogP contribution in [0.2, 0.25) is 5.15 Å². The van der Waals surface area contributed by atoms with Crippen molar-refractivity contribution in [1.82, 2.24) is 9.88 Å². The zero-order valence-corrected chi connectivity index (χ0v) is 12.8. The zero-order valence-electron chi connectivity index (χ0n) is 12.1. The molecule has 2 aromatic rings. The number of nitrogens with zero attached hydrogens (tertiary/aromatic N) is 2. The van der Waals surface area contributed by atoms with Crippen molar-refractivity contribution in [1.29, 1.82) is 0 Å². The molecule has 0 aliphatic rings. The minimum absolute atomic E-state index is 0.222. The van der Waals surface area contributed by atoms with Crippen LogP contribution >= 0.6 is 11.6 Å². The highest BCUT2D eigenvalue weighted by Gasteiger charge is 2.09. The molecule has 0 aliphatic carbocycles. The first-order valence-corrected chi connectivity index (χ1v) is 7.41. The van der Waals surface area contributed by atoms with E-state index in [1.165, 1.54) is 5.56 Å². The number of hydrogen-bond acceptors (Lipinski definition) is 3. The van der Waals surface area contributed by atoms with Crippen LogP contribution in [0.5, 0.6) is 0 Å². The van der Waals surface area contributed by atoms with Gasteiger partial charge in [0.1, 0.15) is 5.15 Å². The minimum atomic E-state index is 0.222. The van der Waals surface area contributed by atoms with E-state index in [1.807, 2.05) is 6.07 Å². The second-order valence-corrected chi connectivity index (χ2v) is 5.44. The summed E-state index contributed by atoms with van der Waals surface area (Å²) in [5.41, 5.74) is 3.17. The molecule has 4 heteroatoms. The molecule has 1 N–H and O–H groups in total. The lowest BCUT2D eigenvalue weighted by molar-refractivity contribution is 0.225. The van der Waals surface area contributed by atoms with E-state index < -0.39 is 0 Å². The SMILES string of the molecule is CCN(CCCO)Cc1cc2ccc(C)cc2nc1Cl. The van der Waals surface area contributed by atoms with E-state index in [1.54, 1.807) is 0 Å². The molecule has 0 amide bonds. The van der Waals surface area contributed by atoms with Crippen LogP contribution in [0.4, 0.5) is 0 Å². The van der Waals surface area contributed by atoms with Gasteiger partial charge in [0, 0.05) is 30.6 Å². The van der Waals surface area contributed by atoms with E-state index in [-0.39, 0.29) is 6.61 Å². The van der Waals surface area contributed by atoms with Crippen molar-refractivity contribution in [3.8, 4) is 0 Å². The molecule has 0 aliphatic heterocycles. The molecule has 0 spiro atoms. The fourth-order valence-corrected chi connectivity index (χ4v) is 2.50. The van der Waals surface area contributed by atoms with Crippen molar-refractivity contribution in [2.75, 3.05) is 19.7 Å². The second-order valence-electron chi connectivity index (χ2n) is 5.08. The second kappa shape index (κ2) is 7.02. The van der Waals surface area contributed by atoms with E-state index in [9.17, 15) is 0 Å². The first-order valence-electron chi connectivity index (χ1n) is 7.03. The largest absolute Gasteiger partial charge is 0.396 e. The number of aromatic nitrogens is 1. The Morgan fingerprint density at radius 1 is 1.30 bits per heavy atom. The molecule has 0 saturated carbocycles. The van der Waals surface area contributed by atoms with Gasteiger partial charge in [0.2, 0.25) is 0 Å². The summed E-state index contributed by atoms with van der Waals surface area (Å²) in [4.78, 5) is 6.76. The van der Waals surface area contributed by atoms with Crippen molar-refractivity contribution in [3.63, 3.8) is 0 Å². The van der Waals surface area contributed by atoms with Crippen LogP contribution in [0, 0.1) is 6.92 Å². The average molecular weight is 293 g/mol.